The quantitative estimate of drug-likeness (QED) is 0.398. The van der Waals surface area contributed by atoms with Crippen molar-refractivity contribution >= 4 is 28.4 Å². The maximum atomic E-state index is 13.4. The van der Waals surface area contributed by atoms with E-state index in [-0.39, 0.29) is 11.7 Å². The molecule has 1 aliphatic heterocycles. The third kappa shape index (κ3) is 4.35. The highest BCUT2D eigenvalue weighted by Gasteiger charge is 2.26. The highest BCUT2D eigenvalue weighted by molar-refractivity contribution is 6.15. The predicted molar refractivity (Wildman–Crippen MR) is 137 cm³/mol. The minimum Gasteiger partial charge on any atom is -0.494 e. The van der Waals surface area contributed by atoms with E-state index in [4.69, 9.17) is 9.72 Å². The first-order chi connectivity index (χ1) is 17.1. The molecule has 0 spiro atoms. The molecule has 3 aromatic carbocycles. The number of aryl methyl sites for hydroxylation is 1. The first-order valence-corrected chi connectivity index (χ1v) is 11.7. The molecule has 0 atom stereocenters. The maximum Gasteiger partial charge on any atom is 0.254 e. The number of ether oxygens (including phenoxy) is 1. The van der Waals surface area contributed by atoms with Gasteiger partial charge in [0.15, 0.2) is 5.78 Å². The average molecular weight is 466 g/mol. The average Bonchev–Trinajstić information content (AvgIpc) is 2.92. The van der Waals surface area contributed by atoms with Crippen LogP contribution in [0.25, 0.3) is 10.9 Å². The van der Waals surface area contributed by atoms with E-state index >= 15 is 0 Å². The number of hydrogen-bond donors (Lipinski definition) is 0. The van der Waals surface area contributed by atoms with Crippen molar-refractivity contribution in [3.8, 4) is 5.75 Å². The van der Waals surface area contributed by atoms with Gasteiger partial charge < -0.3 is 14.5 Å². The second kappa shape index (κ2) is 9.58. The molecule has 0 aliphatic carbocycles. The number of ketones is 1. The summed E-state index contributed by atoms with van der Waals surface area (Å²) in [7, 11) is 1.66. The Hall–Kier alpha value is -4.19. The van der Waals surface area contributed by atoms with Crippen LogP contribution in [0, 0.1) is 6.92 Å². The van der Waals surface area contributed by atoms with E-state index in [1.54, 1.807) is 43.5 Å². The van der Waals surface area contributed by atoms with Gasteiger partial charge in [0.05, 0.1) is 12.7 Å². The van der Waals surface area contributed by atoms with Crippen molar-refractivity contribution in [1.82, 2.24) is 9.88 Å². The third-order valence-corrected chi connectivity index (χ3v) is 6.54. The minimum atomic E-state index is -0.141. The Bertz CT molecular complexity index is 1390. The molecule has 35 heavy (non-hydrogen) atoms. The molecule has 4 aromatic rings. The standard InChI is InChI=1S/C29H27N3O3/c1-20-19-26(30-27-22(20)13-8-14-25(27)35-2)31-15-17-32(18-16-31)29(34)24-12-7-6-11-23(24)28(33)21-9-4-3-5-10-21/h3-14,19H,15-18H2,1-2H3. The first-order valence-electron chi connectivity index (χ1n) is 11.7. The van der Waals surface area contributed by atoms with Gasteiger partial charge in [-0.15, -0.1) is 0 Å². The Morgan fingerprint density at radius 3 is 2.23 bits per heavy atom. The van der Waals surface area contributed by atoms with Gasteiger partial charge in [0.2, 0.25) is 0 Å². The minimum absolute atomic E-state index is 0.117. The molecule has 1 fully saturated rings. The van der Waals surface area contributed by atoms with Gasteiger partial charge in [-0.1, -0.05) is 60.7 Å². The summed E-state index contributed by atoms with van der Waals surface area (Å²) in [5.74, 6) is 1.37. The molecular weight excluding hydrogens is 438 g/mol. The molecule has 0 unspecified atom stereocenters. The molecule has 1 saturated heterocycles. The number of para-hydroxylation sites is 1. The van der Waals surface area contributed by atoms with Crippen LogP contribution in [0.3, 0.4) is 0 Å². The van der Waals surface area contributed by atoms with Gasteiger partial charge in [-0.25, -0.2) is 4.98 Å². The summed E-state index contributed by atoms with van der Waals surface area (Å²) in [6, 6.07) is 24.2. The van der Waals surface area contributed by atoms with Crippen molar-refractivity contribution in [2.75, 3.05) is 38.2 Å². The fraction of sp³-hybridized carbons (Fsp3) is 0.207. The van der Waals surface area contributed by atoms with E-state index < -0.39 is 0 Å². The van der Waals surface area contributed by atoms with Crippen LogP contribution in [0.1, 0.15) is 31.8 Å². The molecule has 2 heterocycles. The number of piperazine rings is 1. The van der Waals surface area contributed by atoms with Crippen molar-refractivity contribution in [3.05, 3.63) is 101 Å². The summed E-state index contributed by atoms with van der Waals surface area (Å²) in [5.41, 5.74) is 3.43. The van der Waals surface area contributed by atoms with Crippen LogP contribution in [0.4, 0.5) is 5.82 Å². The summed E-state index contributed by atoms with van der Waals surface area (Å²) in [4.78, 5) is 35.4. The Morgan fingerprint density at radius 2 is 1.51 bits per heavy atom. The highest BCUT2D eigenvalue weighted by atomic mass is 16.5. The lowest BCUT2D eigenvalue weighted by Crippen LogP contribution is -2.49. The van der Waals surface area contributed by atoms with Gasteiger partial charge in [-0.05, 0) is 30.7 Å². The van der Waals surface area contributed by atoms with Crippen molar-refractivity contribution in [1.29, 1.82) is 0 Å². The van der Waals surface area contributed by atoms with Crippen molar-refractivity contribution in [3.63, 3.8) is 0 Å². The highest BCUT2D eigenvalue weighted by Crippen LogP contribution is 2.29. The molecule has 1 aliphatic rings. The lowest BCUT2D eigenvalue weighted by Gasteiger charge is -2.36. The Kier molecular flexibility index (Phi) is 6.19. The molecule has 6 nitrogen and oxygen atoms in total. The summed E-state index contributed by atoms with van der Waals surface area (Å²) in [5, 5.41) is 1.07. The fourth-order valence-electron chi connectivity index (χ4n) is 4.62. The van der Waals surface area contributed by atoms with Crippen LogP contribution in [0.2, 0.25) is 0 Å². The number of nitrogens with zero attached hydrogens (tertiary/aromatic N) is 3. The van der Waals surface area contributed by atoms with Gasteiger partial charge in [0, 0.05) is 42.7 Å². The van der Waals surface area contributed by atoms with Gasteiger partial charge in [0.25, 0.3) is 5.91 Å². The number of rotatable bonds is 5. The van der Waals surface area contributed by atoms with Crippen LogP contribution in [-0.4, -0.2) is 54.9 Å². The topological polar surface area (TPSA) is 62.7 Å². The molecule has 0 saturated carbocycles. The smallest absolute Gasteiger partial charge is 0.254 e. The van der Waals surface area contributed by atoms with Crippen molar-refractivity contribution < 1.29 is 14.3 Å². The number of benzene rings is 3. The number of methoxy groups -OCH3 is 1. The second-order valence-electron chi connectivity index (χ2n) is 8.67. The van der Waals surface area contributed by atoms with Gasteiger partial charge >= 0.3 is 0 Å². The fourth-order valence-corrected chi connectivity index (χ4v) is 4.62. The first kappa shape index (κ1) is 22.6. The summed E-state index contributed by atoms with van der Waals surface area (Å²) in [6.07, 6.45) is 0. The SMILES string of the molecule is COc1cccc2c(C)cc(N3CCN(C(=O)c4ccccc4C(=O)c4ccccc4)CC3)nc12. The van der Waals surface area contributed by atoms with E-state index in [2.05, 4.69) is 24.0 Å². The zero-order valence-corrected chi connectivity index (χ0v) is 19.9. The number of hydrogen-bond acceptors (Lipinski definition) is 5. The van der Waals surface area contributed by atoms with E-state index in [1.807, 2.05) is 35.2 Å². The Labute approximate surface area is 204 Å². The zero-order chi connectivity index (χ0) is 24.4. The molecule has 0 radical (unpaired) electrons. The normalized spacial score (nSPS) is 13.7. The number of pyridine rings is 1. The maximum absolute atomic E-state index is 13.4. The number of aromatic nitrogens is 1. The number of carbonyl (C=O) groups is 2. The van der Waals surface area contributed by atoms with E-state index in [1.165, 1.54) is 0 Å². The molecule has 5 rings (SSSR count). The van der Waals surface area contributed by atoms with Crippen LogP contribution >= 0.6 is 0 Å². The van der Waals surface area contributed by atoms with E-state index in [0.29, 0.717) is 42.9 Å². The largest absolute Gasteiger partial charge is 0.494 e. The lowest BCUT2D eigenvalue weighted by atomic mass is 9.97. The summed E-state index contributed by atoms with van der Waals surface area (Å²) >= 11 is 0. The molecule has 0 N–H and O–H groups in total. The number of carbonyl (C=O) groups excluding carboxylic acids is 2. The number of fused-ring (bicyclic) bond motifs is 1. The zero-order valence-electron chi connectivity index (χ0n) is 19.9. The van der Waals surface area contributed by atoms with Crippen LogP contribution in [-0.2, 0) is 0 Å². The van der Waals surface area contributed by atoms with Crippen LogP contribution in [0.15, 0.2) is 78.9 Å². The van der Waals surface area contributed by atoms with Crippen molar-refractivity contribution in [2.24, 2.45) is 0 Å². The van der Waals surface area contributed by atoms with Gasteiger partial charge in [0.1, 0.15) is 17.1 Å². The monoisotopic (exact) mass is 465 g/mol. The van der Waals surface area contributed by atoms with Gasteiger partial charge in [-0.3, -0.25) is 9.59 Å². The van der Waals surface area contributed by atoms with E-state index in [0.717, 1.165) is 28.0 Å². The predicted octanol–water partition coefficient (Wildman–Crippen LogP) is 4.75. The Balaban J connectivity index is 1.35. The van der Waals surface area contributed by atoms with Gasteiger partial charge in [-0.2, -0.15) is 0 Å². The lowest BCUT2D eigenvalue weighted by molar-refractivity contribution is 0.0742. The molecule has 6 heteroatoms. The van der Waals surface area contributed by atoms with Crippen LogP contribution in [0.5, 0.6) is 5.75 Å². The van der Waals surface area contributed by atoms with E-state index in [9.17, 15) is 9.59 Å². The summed E-state index contributed by atoms with van der Waals surface area (Å²) in [6.45, 7) is 4.50. The molecule has 1 amide bonds. The summed E-state index contributed by atoms with van der Waals surface area (Å²) < 4.78 is 5.52. The molecular formula is C29H27N3O3. The number of anilines is 1. The van der Waals surface area contributed by atoms with Crippen LogP contribution < -0.4 is 9.64 Å². The Morgan fingerprint density at radius 1 is 0.829 bits per heavy atom. The second-order valence-corrected chi connectivity index (χ2v) is 8.67. The third-order valence-electron chi connectivity index (χ3n) is 6.54. The molecule has 1 aromatic heterocycles. The van der Waals surface area contributed by atoms with Crippen molar-refractivity contribution in [2.45, 2.75) is 6.92 Å². The number of amides is 1. The molecule has 0 bridgehead atoms. The molecule has 176 valence electrons.